The average Bonchev–Trinajstić information content (AvgIpc) is 2.15. The SMILES string of the molecule is CCC(C)N=NC(C)(CC)N=C=S. The molecule has 0 saturated heterocycles. The fraction of sp³-hybridized carbons (Fsp3) is 0.889. The number of rotatable bonds is 5. The van der Waals surface area contributed by atoms with Crippen molar-refractivity contribution >= 4 is 17.4 Å². The van der Waals surface area contributed by atoms with Gasteiger partial charge in [-0.2, -0.15) is 10.2 Å². The average molecular weight is 199 g/mol. The van der Waals surface area contributed by atoms with Crippen LogP contribution < -0.4 is 0 Å². The molecule has 0 fully saturated rings. The molecule has 0 aliphatic carbocycles. The van der Waals surface area contributed by atoms with Crippen LogP contribution in [-0.4, -0.2) is 16.9 Å². The first-order valence-corrected chi connectivity index (χ1v) is 4.99. The molecule has 0 heterocycles. The molecular formula is C9H17N3S. The minimum Gasteiger partial charge on any atom is -0.200 e. The number of isothiocyanates is 1. The first-order valence-electron chi connectivity index (χ1n) is 4.59. The van der Waals surface area contributed by atoms with Crippen LogP contribution in [0.3, 0.4) is 0 Å². The monoisotopic (exact) mass is 199 g/mol. The molecule has 0 radical (unpaired) electrons. The lowest BCUT2D eigenvalue weighted by atomic mass is 10.2. The molecule has 3 nitrogen and oxygen atoms in total. The van der Waals surface area contributed by atoms with E-state index in [0.29, 0.717) is 0 Å². The van der Waals surface area contributed by atoms with Crippen LogP contribution in [-0.2, 0) is 0 Å². The van der Waals surface area contributed by atoms with Gasteiger partial charge in [0.2, 0.25) is 0 Å². The molecule has 0 aromatic rings. The molecule has 0 N–H and O–H groups in total. The summed E-state index contributed by atoms with van der Waals surface area (Å²) in [6.07, 6.45) is 1.78. The summed E-state index contributed by atoms with van der Waals surface area (Å²) in [7, 11) is 0. The Kier molecular flexibility index (Phi) is 5.67. The Morgan fingerprint density at radius 3 is 2.46 bits per heavy atom. The topological polar surface area (TPSA) is 37.1 Å². The summed E-state index contributed by atoms with van der Waals surface area (Å²) < 4.78 is 0. The van der Waals surface area contributed by atoms with Crippen molar-refractivity contribution in [3.63, 3.8) is 0 Å². The van der Waals surface area contributed by atoms with Crippen molar-refractivity contribution in [1.82, 2.24) is 0 Å². The molecule has 0 bridgehead atoms. The Balaban J connectivity index is 4.42. The molecule has 4 heteroatoms. The fourth-order valence-electron chi connectivity index (χ4n) is 0.575. The Labute approximate surface area is 85.4 Å². The lowest BCUT2D eigenvalue weighted by molar-refractivity contribution is 0.439. The highest BCUT2D eigenvalue weighted by atomic mass is 32.1. The Morgan fingerprint density at radius 2 is 2.08 bits per heavy atom. The van der Waals surface area contributed by atoms with Crippen LogP contribution in [0.25, 0.3) is 0 Å². The minimum absolute atomic E-state index is 0.256. The van der Waals surface area contributed by atoms with Crippen LogP contribution >= 0.6 is 12.2 Å². The second kappa shape index (κ2) is 5.95. The maximum atomic E-state index is 4.56. The molecule has 0 amide bonds. The largest absolute Gasteiger partial charge is 0.200 e. The third-order valence-corrected chi connectivity index (χ3v) is 2.11. The van der Waals surface area contributed by atoms with Crippen LogP contribution in [0.4, 0.5) is 0 Å². The summed E-state index contributed by atoms with van der Waals surface area (Å²) in [4.78, 5) is 3.99. The molecule has 0 aromatic carbocycles. The van der Waals surface area contributed by atoms with E-state index >= 15 is 0 Å². The van der Waals surface area contributed by atoms with Crippen LogP contribution in [0.15, 0.2) is 15.2 Å². The Morgan fingerprint density at radius 1 is 1.46 bits per heavy atom. The van der Waals surface area contributed by atoms with Crippen LogP contribution in [0.2, 0.25) is 0 Å². The summed E-state index contributed by atoms with van der Waals surface area (Å²) in [6, 6.07) is 0.256. The third kappa shape index (κ3) is 4.86. The van der Waals surface area contributed by atoms with E-state index in [1.807, 2.05) is 20.8 Å². The zero-order chi connectivity index (χ0) is 10.3. The van der Waals surface area contributed by atoms with E-state index in [2.05, 4.69) is 39.5 Å². The molecule has 0 saturated carbocycles. The number of thiocarbonyl (C=S) groups is 1. The second-order valence-electron chi connectivity index (χ2n) is 3.25. The van der Waals surface area contributed by atoms with Crippen LogP contribution in [0.5, 0.6) is 0 Å². The summed E-state index contributed by atoms with van der Waals surface area (Å²) in [6.45, 7) is 8.01. The third-order valence-electron chi connectivity index (χ3n) is 2.02. The molecule has 0 aliphatic rings. The van der Waals surface area contributed by atoms with Crippen LogP contribution in [0, 0.1) is 0 Å². The van der Waals surface area contributed by atoms with Gasteiger partial charge in [0, 0.05) is 0 Å². The fourth-order valence-corrected chi connectivity index (χ4v) is 0.772. The molecule has 0 rings (SSSR count). The van der Waals surface area contributed by atoms with Gasteiger partial charge in [-0.1, -0.05) is 13.8 Å². The quantitative estimate of drug-likeness (QED) is 0.379. The van der Waals surface area contributed by atoms with Gasteiger partial charge in [-0.15, -0.1) is 0 Å². The molecule has 0 aromatic heterocycles. The van der Waals surface area contributed by atoms with E-state index in [1.165, 1.54) is 0 Å². The molecule has 2 unspecified atom stereocenters. The normalized spacial score (nSPS) is 17.8. The number of azo groups is 1. The van der Waals surface area contributed by atoms with Crippen molar-refractivity contribution in [2.24, 2.45) is 15.2 Å². The van der Waals surface area contributed by atoms with Gasteiger partial charge in [-0.25, -0.2) is 4.99 Å². The van der Waals surface area contributed by atoms with Gasteiger partial charge in [0.15, 0.2) is 5.66 Å². The Hall–Kier alpha value is -0.600. The highest BCUT2D eigenvalue weighted by Gasteiger charge is 2.18. The van der Waals surface area contributed by atoms with Crippen LogP contribution in [0.1, 0.15) is 40.5 Å². The number of hydrogen-bond acceptors (Lipinski definition) is 4. The highest BCUT2D eigenvalue weighted by molar-refractivity contribution is 7.78. The van der Waals surface area contributed by atoms with E-state index < -0.39 is 5.66 Å². The molecule has 2 atom stereocenters. The van der Waals surface area contributed by atoms with Crippen molar-refractivity contribution in [2.75, 3.05) is 0 Å². The second-order valence-corrected chi connectivity index (χ2v) is 3.43. The Bertz CT molecular complexity index is 221. The zero-order valence-corrected chi connectivity index (χ0v) is 9.56. The van der Waals surface area contributed by atoms with Crippen molar-refractivity contribution in [3.05, 3.63) is 0 Å². The minimum atomic E-state index is -0.509. The smallest absolute Gasteiger partial charge is 0.177 e. The van der Waals surface area contributed by atoms with E-state index in [4.69, 9.17) is 0 Å². The predicted octanol–water partition coefficient (Wildman–Crippen LogP) is 3.47. The van der Waals surface area contributed by atoms with Gasteiger partial charge in [-0.05, 0) is 38.9 Å². The maximum absolute atomic E-state index is 4.56. The molecule has 0 aliphatic heterocycles. The summed E-state index contributed by atoms with van der Waals surface area (Å²) >= 11 is 4.56. The number of nitrogens with zero attached hydrogens (tertiary/aromatic N) is 3. The van der Waals surface area contributed by atoms with E-state index in [0.717, 1.165) is 12.8 Å². The lowest BCUT2D eigenvalue weighted by Crippen LogP contribution is -2.16. The van der Waals surface area contributed by atoms with Crippen molar-refractivity contribution in [3.8, 4) is 0 Å². The predicted molar refractivity (Wildman–Crippen MR) is 58.3 cm³/mol. The number of aliphatic imine (C=N–C) groups is 1. The van der Waals surface area contributed by atoms with Gasteiger partial charge in [0.1, 0.15) is 0 Å². The van der Waals surface area contributed by atoms with Crippen molar-refractivity contribution in [2.45, 2.75) is 52.2 Å². The standard InChI is InChI=1S/C9H17N3S/c1-5-8(3)11-12-9(4,6-2)10-7-13/h8H,5-6H2,1-4H3. The number of hydrogen-bond donors (Lipinski definition) is 0. The van der Waals surface area contributed by atoms with Gasteiger partial charge in [0.25, 0.3) is 0 Å². The molecule has 74 valence electrons. The summed E-state index contributed by atoms with van der Waals surface area (Å²) in [5.74, 6) is 0. The highest BCUT2D eigenvalue weighted by Crippen LogP contribution is 2.17. The van der Waals surface area contributed by atoms with E-state index in [1.54, 1.807) is 0 Å². The van der Waals surface area contributed by atoms with Gasteiger partial charge < -0.3 is 0 Å². The molecular weight excluding hydrogens is 182 g/mol. The molecule has 0 spiro atoms. The van der Waals surface area contributed by atoms with Crippen molar-refractivity contribution in [1.29, 1.82) is 0 Å². The van der Waals surface area contributed by atoms with Gasteiger partial charge in [0.05, 0.1) is 11.2 Å². The lowest BCUT2D eigenvalue weighted by Gasteiger charge is -2.14. The summed E-state index contributed by atoms with van der Waals surface area (Å²) in [5, 5.41) is 10.7. The van der Waals surface area contributed by atoms with E-state index in [9.17, 15) is 0 Å². The zero-order valence-electron chi connectivity index (χ0n) is 8.74. The molecule has 13 heavy (non-hydrogen) atoms. The summed E-state index contributed by atoms with van der Waals surface area (Å²) in [5.41, 5.74) is -0.509. The van der Waals surface area contributed by atoms with Gasteiger partial charge in [-0.3, -0.25) is 0 Å². The maximum Gasteiger partial charge on any atom is 0.177 e. The van der Waals surface area contributed by atoms with Gasteiger partial charge >= 0.3 is 0 Å². The van der Waals surface area contributed by atoms with E-state index in [-0.39, 0.29) is 6.04 Å². The first-order chi connectivity index (χ1) is 6.08. The van der Waals surface area contributed by atoms with Crippen molar-refractivity contribution < 1.29 is 0 Å². The first kappa shape index (κ1) is 12.4.